The van der Waals surface area contributed by atoms with Gasteiger partial charge in [-0.3, -0.25) is 9.59 Å². The Morgan fingerprint density at radius 1 is 1.06 bits per heavy atom. The van der Waals surface area contributed by atoms with Gasteiger partial charge in [-0.05, 0) is 42.0 Å². The second-order valence-corrected chi connectivity index (χ2v) is 7.18. The molecule has 0 radical (unpaired) electrons. The zero-order valence-corrected chi connectivity index (χ0v) is 17.4. The fourth-order valence-electron chi connectivity index (χ4n) is 3.14. The lowest BCUT2D eigenvalue weighted by molar-refractivity contribution is -0.119. The first kappa shape index (κ1) is 20.4. The zero-order valence-electron chi connectivity index (χ0n) is 16.6. The average Bonchev–Trinajstić information content (AvgIpc) is 3.45. The number of anilines is 1. The number of rotatable bonds is 6. The molecule has 31 heavy (non-hydrogen) atoms. The molecule has 0 bridgehead atoms. The van der Waals surface area contributed by atoms with Crippen LogP contribution in [0.2, 0.25) is 5.02 Å². The van der Waals surface area contributed by atoms with Crippen molar-refractivity contribution in [3.8, 4) is 17.1 Å². The predicted molar refractivity (Wildman–Crippen MR) is 118 cm³/mol. The van der Waals surface area contributed by atoms with Crippen LogP contribution in [-0.2, 0) is 11.2 Å². The Labute approximate surface area is 183 Å². The lowest BCUT2D eigenvalue weighted by Gasteiger charge is -2.09. The highest BCUT2D eigenvalue weighted by atomic mass is 35.5. The van der Waals surface area contributed by atoms with Gasteiger partial charge in [-0.25, -0.2) is 4.68 Å². The Kier molecular flexibility index (Phi) is 5.86. The summed E-state index contributed by atoms with van der Waals surface area (Å²) < 4.78 is 7.14. The smallest absolute Gasteiger partial charge is 0.276 e. The van der Waals surface area contributed by atoms with Crippen molar-refractivity contribution in [3.63, 3.8) is 0 Å². The molecule has 2 aromatic carbocycles. The van der Waals surface area contributed by atoms with Gasteiger partial charge in [0, 0.05) is 23.8 Å². The normalized spacial score (nSPS) is 10.6. The monoisotopic (exact) mass is 434 g/mol. The molecule has 0 saturated heterocycles. The number of likely N-dealkylation sites (N-methyl/N-ethyl adjacent to an activating group) is 1. The van der Waals surface area contributed by atoms with Crippen molar-refractivity contribution in [1.82, 2.24) is 15.1 Å². The molecule has 2 aromatic heterocycles. The van der Waals surface area contributed by atoms with Gasteiger partial charge in [0.25, 0.3) is 5.91 Å². The van der Waals surface area contributed by atoms with Crippen molar-refractivity contribution in [3.05, 3.63) is 89.3 Å². The van der Waals surface area contributed by atoms with E-state index in [2.05, 4.69) is 15.7 Å². The minimum absolute atomic E-state index is 0.146. The zero-order chi connectivity index (χ0) is 21.8. The molecule has 4 rings (SSSR count). The molecule has 2 heterocycles. The molecule has 0 atom stereocenters. The fourth-order valence-corrected chi connectivity index (χ4v) is 3.33. The third-order valence-electron chi connectivity index (χ3n) is 4.66. The number of carbonyl (C=O) groups excluding carboxylic acids is 2. The number of nitrogens with one attached hydrogen (secondary N) is 2. The van der Waals surface area contributed by atoms with Crippen molar-refractivity contribution in [2.45, 2.75) is 6.42 Å². The van der Waals surface area contributed by atoms with Crippen molar-refractivity contribution in [2.75, 3.05) is 12.4 Å². The second-order valence-electron chi connectivity index (χ2n) is 6.75. The number of para-hydroxylation sites is 1. The molecule has 2 amide bonds. The van der Waals surface area contributed by atoms with Crippen LogP contribution >= 0.6 is 11.6 Å². The van der Waals surface area contributed by atoms with Crippen LogP contribution in [0.5, 0.6) is 0 Å². The lowest BCUT2D eigenvalue weighted by Crippen LogP contribution is -2.21. The van der Waals surface area contributed by atoms with E-state index in [0.717, 1.165) is 0 Å². The van der Waals surface area contributed by atoms with Gasteiger partial charge in [-0.2, -0.15) is 5.10 Å². The summed E-state index contributed by atoms with van der Waals surface area (Å²) in [6.07, 6.45) is 1.71. The quantitative estimate of drug-likeness (QED) is 0.472. The fraction of sp³-hybridized carbons (Fsp3) is 0.0870. The number of carbonyl (C=O) groups is 2. The topological polar surface area (TPSA) is 89.2 Å². The van der Waals surface area contributed by atoms with Gasteiger partial charge in [-0.1, -0.05) is 35.9 Å². The van der Waals surface area contributed by atoms with Crippen LogP contribution in [0.4, 0.5) is 5.69 Å². The van der Waals surface area contributed by atoms with E-state index in [1.165, 1.54) is 0 Å². The predicted octanol–water partition coefficient (Wildman–Crippen LogP) is 4.33. The van der Waals surface area contributed by atoms with E-state index < -0.39 is 5.91 Å². The van der Waals surface area contributed by atoms with Gasteiger partial charge >= 0.3 is 0 Å². The largest absolute Gasteiger partial charge is 0.463 e. The van der Waals surface area contributed by atoms with Gasteiger partial charge in [0.05, 0.1) is 18.4 Å². The minimum Gasteiger partial charge on any atom is -0.463 e. The van der Waals surface area contributed by atoms with Crippen LogP contribution in [0.1, 0.15) is 16.1 Å². The highest BCUT2D eigenvalue weighted by molar-refractivity contribution is 6.30. The Morgan fingerprint density at radius 2 is 1.90 bits per heavy atom. The van der Waals surface area contributed by atoms with Crippen molar-refractivity contribution in [1.29, 1.82) is 0 Å². The summed E-state index contributed by atoms with van der Waals surface area (Å²) in [5.74, 6) is 0.0107. The summed E-state index contributed by atoms with van der Waals surface area (Å²) in [5.41, 5.74) is 2.75. The minimum atomic E-state index is -0.405. The first-order chi connectivity index (χ1) is 15.0. The number of benzene rings is 2. The second kappa shape index (κ2) is 8.89. The maximum atomic E-state index is 13.0. The molecule has 0 fully saturated rings. The molecule has 156 valence electrons. The highest BCUT2D eigenvalue weighted by Crippen LogP contribution is 2.26. The molecule has 0 aliphatic rings. The molecule has 0 aliphatic carbocycles. The van der Waals surface area contributed by atoms with E-state index in [0.29, 0.717) is 33.4 Å². The molecular formula is C23H19ClN4O3. The van der Waals surface area contributed by atoms with E-state index in [4.69, 9.17) is 16.0 Å². The van der Waals surface area contributed by atoms with E-state index in [1.54, 1.807) is 72.6 Å². The Morgan fingerprint density at radius 3 is 2.65 bits per heavy atom. The molecule has 2 N–H and O–H groups in total. The number of furan rings is 1. The average molecular weight is 435 g/mol. The number of nitrogens with zero attached hydrogens (tertiary/aromatic N) is 2. The maximum Gasteiger partial charge on any atom is 0.276 e. The summed E-state index contributed by atoms with van der Waals surface area (Å²) >= 11 is 6.14. The molecular weight excluding hydrogens is 416 g/mol. The Hall–Kier alpha value is -3.84. The molecule has 0 saturated carbocycles. The summed E-state index contributed by atoms with van der Waals surface area (Å²) in [7, 11) is 1.57. The van der Waals surface area contributed by atoms with Crippen molar-refractivity contribution in [2.24, 2.45) is 0 Å². The number of amides is 2. The van der Waals surface area contributed by atoms with Crippen LogP contribution in [0.15, 0.2) is 77.4 Å². The van der Waals surface area contributed by atoms with Gasteiger partial charge in [0.2, 0.25) is 5.91 Å². The van der Waals surface area contributed by atoms with Gasteiger partial charge in [0.1, 0.15) is 5.69 Å². The Balaban J connectivity index is 1.69. The molecule has 8 heteroatoms. The summed E-state index contributed by atoms with van der Waals surface area (Å²) in [6.45, 7) is 0. The van der Waals surface area contributed by atoms with Crippen LogP contribution in [-0.4, -0.2) is 28.6 Å². The third-order valence-corrected chi connectivity index (χ3v) is 4.90. The maximum absolute atomic E-state index is 13.0. The number of hydrogen-bond acceptors (Lipinski definition) is 4. The van der Waals surface area contributed by atoms with E-state index in [1.807, 2.05) is 12.1 Å². The van der Waals surface area contributed by atoms with E-state index in [-0.39, 0.29) is 18.0 Å². The molecule has 0 aliphatic heterocycles. The summed E-state index contributed by atoms with van der Waals surface area (Å²) in [4.78, 5) is 24.8. The molecule has 0 spiro atoms. The van der Waals surface area contributed by atoms with Gasteiger partial charge in [-0.15, -0.1) is 0 Å². The van der Waals surface area contributed by atoms with Crippen LogP contribution in [0.3, 0.4) is 0 Å². The molecule has 4 aromatic rings. The van der Waals surface area contributed by atoms with Crippen molar-refractivity contribution < 1.29 is 14.0 Å². The number of aromatic nitrogens is 2. The summed E-state index contributed by atoms with van der Waals surface area (Å²) in [6, 6.07) is 19.5. The first-order valence-corrected chi connectivity index (χ1v) is 9.92. The van der Waals surface area contributed by atoms with Crippen LogP contribution in [0.25, 0.3) is 17.1 Å². The standard InChI is InChI=1S/C23H19ClN4O3/c1-25-22(29)12-15-6-2-3-9-18(15)26-23(30)19-14-20(21-10-5-11-31-21)28(27-19)17-8-4-7-16(24)13-17/h2-11,13-14H,12H2,1H3,(H,25,29)(H,26,30). The molecule has 7 nitrogen and oxygen atoms in total. The van der Waals surface area contributed by atoms with Crippen molar-refractivity contribution >= 4 is 29.1 Å². The lowest BCUT2D eigenvalue weighted by atomic mass is 10.1. The third kappa shape index (κ3) is 4.51. The van der Waals surface area contributed by atoms with E-state index >= 15 is 0 Å². The van der Waals surface area contributed by atoms with Gasteiger partial charge in [0.15, 0.2) is 11.5 Å². The number of halogens is 1. The summed E-state index contributed by atoms with van der Waals surface area (Å²) in [5, 5.41) is 10.5. The first-order valence-electron chi connectivity index (χ1n) is 9.55. The number of hydrogen-bond donors (Lipinski definition) is 2. The Bertz CT molecular complexity index is 1230. The SMILES string of the molecule is CNC(=O)Cc1ccccc1NC(=O)c1cc(-c2ccco2)n(-c2cccc(Cl)c2)n1. The van der Waals surface area contributed by atoms with Gasteiger partial charge < -0.3 is 15.1 Å². The van der Waals surface area contributed by atoms with E-state index in [9.17, 15) is 9.59 Å². The van der Waals surface area contributed by atoms with Crippen LogP contribution in [0, 0.1) is 0 Å². The van der Waals surface area contributed by atoms with Crippen LogP contribution < -0.4 is 10.6 Å². The highest BCUT2D eigenvalue weighted by Gasteiger charge is 2.19. The molecule has 0 unspecified atom stereocenters.